The number of hydrogen-bond acceptors (Lipinski definition) is 6. The van der Waals surface area contributed by atoms with E-state index < -0.39 is 0 Å². The van der Waals surface area contributed by atoms with Gasteiger partial charge in [0.25, 0.3) is 0 Å². The van der Waals surface area contributed by atoms with Gasteiger partial charge in [0.15, 0.2) is 5.82 Å². The van der Waals surface area contributed by atoms with Crippen molar-refractivity contribution in [3.05, 3.63) is 61.1 Å². The molecule has 31 heavy (non-hydrogen) atoms. The SMILES string of the molecule is C=N/C=N\C=C(/C)c1cc2c(-c3nc4c(-c5cccnc5)cncc4[nH]3)n[nH]c2cn1. The van der Waals surface area contributed by atoms with Gasteiger partial charge >= 0.3 is 0 Å². The third kappa shape index (κ3) is 3.38. The summed E-state index contributed by atoms with van der Waals surface area (Å²) in [4.78, 5) is 28.9. The zero-order chi connectivity index (χ0) is 21.2. The third-order valence-electron chi connectivity index (χ3n) is 4.86. The van der Waals surface area contributed by atoms with Crippen LogP contribution in [-0.4, -0.2) is 48.2 Å². The molecule has 0 aliphatic heterocycles. The summed E-state index contributed by atoms with van der Waals surface area (Å²) in [5, 5.41) is 8.40. The summed E-state index contributed by atoms with van der Waals surface area (Å²) < 4.78 is 0. The van der Waals surface area contributed by atoms with Crippen molar-refractivity contribution in [3.8, 4) is 22.6 Å². The number of H-pyrrole nitrogens is 2. The van der Waals surface area contributed by atoms with E-state index in [0.29, 0.717) is 11.5 Å². The average molecular weight is 407 g/mol. The molecule has 0 atom stereocenters. The van der Waals surface area contributed by atoms with E-state index in [1.165, 1.54) is 6.34 Å². The number of imidazole rings is 1. The molecule has 9 heteroatoms. The van der Waals surface area contributed by atoms with Crippen LogP contribution in [0, 0.1) is 0 Å². The van der Waals surface area contributed by atoms with Gasteiger partial charge in [0, 0.05) is 41.3 Å². The van der Waals surface area contributed by atoms with Crippen molar-refractivity contribution < 1.29 is 0 Å². The fraction of sp³-hybridized carbons (Fsp3) is 0.0455. The van der Waals surface area contributed by atoms with Crippen LogP contribution in [0.25, 0.3) is 50.2 Å². The highest BCUT2D eigenvalue weighted by atomic mass is 15.1. The minimum absolute atomic E-state index is 0.645. The molecule has 2 N–H and O–H groups in total. The number of rotatable bonds is 5. The normalized spacial score (nSPS) is 12.2. The van der Waals surface area contributed by atoms with Gasteiger partial charge in [-0.1, -0.05) is 6.07 Å². The molecule has 5 heterocycles. The summed E-state index contributed by atoms with van der Waals surface area (Å²) in [6.07, 6.45) is 11.9. The Bertz CT molecular complexity index is 1460. The number of hydrogen-bond donors (Lipinski definition) is 2. The van der Waals surface area contributed by atoms with E-state index in [1.54, 1.807) is 37.2 Å². The van der Waals surface area contributed by atoms with Gasteiger partial charge in [-0.25, -0.2) is 9.98 Å². The minimum Gasteiger partial charge on any atom is -0.335 e. The lowest BCUT2D eigenvalue weighted by molar-refractivity contribution is 1.10. The van der Waals surface area contributed by atoms with Gasteiger partial charge in [0.2, 0.25) is 0 Å². The fourth-order valence-electron chi connectivity index (χ4n) is 3.35. The summed E-state index contributed by atoms with van der Waals surface area (Å²) in [7, 11) is 0. The number of aliphatic imine (C=N–C) groups is 2. The molecular weight excluding hydrogens is 390 g/mol. The molecule has 0 bridgehead atoms. The molecule has 150 valence electrons. The smallest absolute Gasteiger partial charge is 0.159 e. The molecule has 0 fully saturated rings. The van der Waals surface area contributed by atoms with Gasteiger partial charge in [-0.05, 0) is 31.3 Å². The topological polar surface area (TPSA) is 121 Å². The van der Waals surface area contributed by atoms with Crippen molar-refractivity contribution in [2.75, 3.05) is 0 Å². The highest BCUT2D eigenvalue weighted by molar-refractivity contribution is 5.97. The van der Waals surface area contributed by atoms with Crippen molar-refractivity contribution in [2.24, 2.45) is 9.98 Å². The van der Waals surface area contributed by atoms with Gasteiger partial charge in [-0.2, -0.15) is 5.10 Å². The first-order chi connectivity index (χ1) is 15.2. The minimum atomic E-state index is 0.645. The number of aromatic amines is 2. The molecule has 0 aliphatic rings. The van der Waals surface area contributed by atoms with E-state index in [1.807, 2.05) is 25.1 Å². The van der Waals surface area contributed by atoms with E-state index in [4.69, 9.17) is 4.98 Å². The fourth-order valence-corrected chi connectivity index (χ4v) is 3.35. The van der Waals surface area contributed by atoms with Crippen LogP contribution in [0.5, 0.6) is 0 Å². The lowest BCUT2D eigenvalue weighted by Gasteiger charge is -2.00. The monoisotopic (exact) mass is 407 g/mol. The van der Waals surface area contributed by atoms with Crippen LogP contribution in [0.1, 0.15) is 12.6 Å². The van der Waals surface area contributed by atoms with Crippen LogP contribution < -0.4 is 0 Å². The molecule has 0 amide bonds. The Balaban J connectivity index is 1.63. The maximum absolute atomic E-state index is 4.83. The Hall–Kier alpha value is -4.53. The number of nitrogens with zero attached hydrogens (tertiary/aromatic N) is 7. The van der Waals surface area contributed by atoms with Crippen LogP contribution in [-0.2, 0) is 0 Å². The molecule has 5 aromatic heterocycles. The molecule has 0 unspecified atom stereocenters. The molecule has 9 nitrogen and oxygen atoms in total. The Morgan fingerprint density at radius 1 is 1.13 bits per heavy atom. The largest absolute Gasteiger partial charge is 0.335 e. The molecule has 0 saturated carbocycles. The second-order valence-corrected chi connectivity index (χ2v) is 6.86. The second kappa shape index (κ2) is 7.71. The molecule has 0 saturated heterocycles. The van der Waals surface area contributed by atoms with E-state index in [0.717, 1.165) is 44.3 Å². The van der Waals surface area contributed by atoms with Gasteiger partial charge < -0.3 is 4.98 Å². The highest BCUT2D eigenvalue weighted by Crippen LogP contribution is 2.31. The van der Waals surface area contributed by atoms with Crippen molar-refractivity contribution in [1.82, 2.24) is 35.1 Å². The molecule has 5 rings (SSSR count). The van der Waals surface area contributed by atoms with E-state index >= 15 is 0 Å². The standard InChI is InChI=1S/C22H17N9/c1-13(7-26-12-23-2)17-6-15-18(11-27-17)30-31-21(15)22-28-19-10-25-9-16(20(19)29-22)14-4-3-5-24-8-14/h3-12H,2H2,1H3,(H,28,29)(H,30,31)/b13-7+,26-12-. The molecule has 5 aromatic rings. The van der Waals surface area contributed by atoms with Crippen molar-refractivity contribution >= 4 is 40.6 Å². The highest BCUT2D eigenvalue weighted by Gasteiger charge is 2.16. The Morgan fingerprint density at radius 3 is 2.90 bits per heavy atom. The summed E-state index contributed by atoms with van der Waals surface area (Å²) >= 11 is 0. The maximum Gasteiger partial charge on any atom is 0.159 e. The first-order valence-electron chi connectivity index (χ1n) is 9.48. The summed E-state index contributed by atoms with van der Waals surface area (Å²) in [5.41, 5.74) is 6.68. The number of fused-ring (bicyclic) bond motifs is 2. The second-order valence-electron chi connectivity index (χ2n) is 6.86. The van der Waals surface area contributed by atoms with Crippen molar-refractivity contribution in [3.63, 3.8) is 0 Å². The quantitative estimate of drug-likeness (QED) is 0.336. The third-order valence-corrected chi connectivity index (χ3v) is 4.86. The molecular formula is C22H17N9. The Kier molecular flexibility index (Phi) is 4.60. The van der Waals surface area contributed by atoms with E-state index in [2.05, 4.69) is 46.8 Å². The van der Waals surface area contributed by atoms with Gasteiger partial charge in [0.05, 0.1) is 29.1 Å². The van der Waals surface area contributed by atoms with Gasteiger partial charge in [0.1, 0.15) is 17.5 Å². The zero-order valence-corrected chi connectivity index (χ0v) is 16.6. The summed E-state index contributed by atoms with van der Waals surface area (Å²) in [6.45, 7) is 5.31. The zero-order valence-electron chi connectivity index (χ0n) is 16.6. The molecule has 0 radical (unpaired) electrons. The van der Waals surface area contributed by atoms with Crippen molar-refractivity contribution in [1.29, 1.82) is 0 Å². The molecule has 0 spiro atoms. The Morgan fingerprint density at radius 2 is 2.06 bits per heavy atom. The van der Waals surface area contributed by atoms with Crippen molar-refractivity contribution in [2.45, 2.75) is 6.92 Å². The van der Waals surface area contributed by atoms with Crippen LogP contribution in [0.3, 0.4) is 0 Å². The summed E-state index contributed by atoms with van der Waals surface area (Å²) in [5.74, 6) is 0.645. The lowest BCUT2D eigenvalue weighted by atomic mass is 10.1. The summed E-state index contributed by atoms with van der Waals surface area (Å²) in [6, 6.07) is 5.84. The number of allylic oxidation sites excluding steroid dienone is 1. The van der Waals surface area contributed by atoms with Crippen LogP contribution in [0.15, 0.2) is 65.4 Å². The van der Waals surface area contributed by atoms with E-state index in [9.17, 15) is 0 Å². The molecule has 0 aromatic carbocycles. The average Bonchev–Trinajstić information content (AvgIpc) is 3.43. The van der Waals surface area contributed by atoms with Crippen LogP contribution in [0.2, 0.25) is 0 Å². The van der Waals surface area contributed by atoms with Crippen LogP contribution >= 0.6 is 0 Å². The number of nitrogens with one attached hydrogen (secondary N) is 2. The maximum atomic E-state index is 4.83. The number of pyridine rings is 3. The first-order valence-corrected chi connectivity index (χ1v) is 9.48. The Labute approximate surface area is 176 Å². The lowest BCUT2D eigenvalue weighted by Crippen LogP contribution is -1.87. The predicted molar refractivity (Wildman–Crippen MR) is 122 cm³/mol. The van der Waals surface area contributed by atoms with Gasteiger partial charge in [-0.3, -0.25) is 25.0 Å². The molecule has 0 aliphatic carbocycles. The van der Waals surface area contributed by atoms with Crippen LogP contribution in [0.4, 0.5) is 0 Å². The predicted octanol–water partition coefficient (Wildman–Crippen LogP) is 4.05. The first kappa shape index (κ1) is 18.5. The number of aromatic nitrogens is 7. The van der Waals surface area contributed by atoms with E-state index in [-0.39, 0.29) is 0 Å². The van der Waals surface area contributed by atoms with Gasteiger partial charge in [-0.15, -0.1) is 0 Å².